The van der Waals surface area contributed by atoms with Crippen molar-refractivity contribution in [2.75, 3.05) is 19.8 Å². The van der Waals surface area contributed by atoms with E-state index < -0.39 is 13.6 Å². The minimum Gasteiger partial charge on any atom is -0.462 e. The second-order valence-electron chi connectivity index (χ2n) is 8.14. The molecule has 6 heteroatoms. The molecule has 0 amide bonds. The van der Waals surface area contributed by atoms with Crippen molar-refractivity contribution >= 4 is 13.6 Å². The first-order chi connectivity index (χ1) is 12.2. The summed E-state index contributed by atoms with van der Waals surface area (Å²) in [7, 11) is -3.68. The molecule has 2 saturated carbocycles. The minimum atomic E-state index is -3.68. The van der Waals surface area contributed by atoms with E-state index in [1.807, 2.05) is 6.08 Å². The van der Waals surface area contributed by atoms with Crippen molar-refractivity contribution in [3.8, 4) is 0 Å². The molecule has 4 atom stereocenters. The molecule has 0 aromatic carbocycles. The SMILES string of the molecule is CCOC(=O)/C(=C/[C@@H]1[C@H]2C[C@H](C)CC[C@H]2C1(C)C)P(=O)(OCC)OCC. The van der Waals surface area contributed by atoms with E-state index in [0.29, 0.717) is 17.8 Å². The Bertz CT molecular complexity index is 573. The Morgan fingerprint density at radius 1 is 1.12 bits per heavy atom. The maximum Gasteiger partial charge on any atom is 0.368 e. The lowest BCUT2D eigenvalue weighted by molar-refractivity contribution is -0.138. The van der Waals surface area contributed by atoms with E-state index in [0.717, 1.165) is 6.42 Å². The van der Waals surface area contributed by atoms with Gasteiger partial charge >= 0.3 is 13.6 Å². The van der Waals surface area contributed by atoms with Crippen LogP contribution in [0, 0.1) is 29.1 Å². The van der Waals surface area contributed by atoms with E-state index >= 15 is 0 Å². The van der Waals surface area contributed by atoms with Gasteiger partial charge in [-0.15, -0.1) is 0 Å². The van der Waals surface area contributed by atoms with Gasteiger partial charge < -0.3 is 13.8 Å². The first-order valence-electron chi connectivity index (χ1n) is 9.99. The first-order valence-corrected chi connectivity index (χ1v) is 11.5. The molecule has 2 fully saturated rings. The Labute approximate surface area is 158 Å². The summed E-state index contributed by atoms with van der Waals surface area (Å²) in [6.45, 7) is 12.7. The van der Waals surface area contributed by atoms with Gasteiger partial charge in [0, 0.05) is 0 Å². The summed E-state index contributed by atoms with van der Waals surface area (Å²) in [5, 5.41) is 0.0813. The van der Waals surface area contributed by atoms with Crippen molar-refractivity contribution in [2.24, 2.45) is 29.1 Å². The van der Waals surface area contributed by atoms with Crippen molar-refractivity contribution in [1.82, 2.24) is 0 Å². The number of hydrogen-bond acceptors (Lipinski definition) is 5. The van der Waals surface area contributed by atoms with Gasteiger partial charge in [-0.05, 0) is 62.7 Å². The number of hydrogen-bond donors (Lipinski definition) is 0. The fourth-order valence-corrected chi connectivity index (χ4v) is 6.59. The highest BCUT2D eigenvalue weighted by atomic mass is 31.2. The van der Waals surface area contributed by atoms with Gasteiger partial charge in [-0.3, -0.25) is 4.57 Å². The second kappa shape index (κ2) is 8.58. The molecule has 2 aliphatic carbocycles. The van der Waals surface area contributed by atoms with E-state index in [-0.39, 0.29) is 36.5 Å². The van der Waals surface area contributed by atoms with Gasteiger partial charge in [-0.2, -0.15) is 0 Å². The summed E-state index contributed by atoms with van der Waals surface area (Å²) < 4.78 is 29.4. The first kappa shape index (κ1) is 21.7. The maximum atomic E-state index is 13.3. The van der Waals surface area contributed by atoms with Crippen LogP contribution in [0.3, 0.4) is 0 Å². The Morgan fingerprint density at radius 2 is 1.73 bits per heavy atom. The largest absolute Gasteiger partial charge is 0.462 e. The van der Waals surface area contributed by atoms with Gasteiger partial charge in [0.05, 0.1) is 19.8 Å². The molecular formula is C20H35O5P. The molecule has 2 rings (SSSR count). The Balaban J connectivity index is 2.40. The monoisotopic (exact) mass is 386 g/mol. The molecular weight excluding hydrogens is 351 g/mol. The van der Waals surface area contributed by atoms with Gasteiger partial charge in [0.15, 0.2) is 0 Å². The van der Waals surface area contributed by atoms with Crippen molar-refractivity contribution in [3.05, 3.63) is 11.4 Å². The Hall–Kier alpha value is -0.640. The molecule has 0 radical (unpaired) electrons. The molecule has 0 unspecified atom stereocenters. The summed E-state index contributed by atoms with van der Waals surface area (Å²) in [5.41, 5.74) is 0.0752. The number of fused-ring (bicyclic) bond motifs is 1. The fraction of sp³-hybridized carbons (Fsp3) is 0.850. The van der Waals surface area contributed by atoms with Crippen molar-refractivity contribution in [1.29, 1.82) is 0 Å². The average Bonchev–Trinajstić information content (AvgIpc) is 2.55. The highest BCUT2D eigenvalue weighted by molar-refractivity contribution is 7.59. The molecule has 0 heterocycles. The molecule has 0 aliphatic heterocycles. The lowest BCUT2D eigenvalue weighted by atomic mass is 9.44. The van der Waals surface area contributed by atoms with Crippen LogP contribution in [0.25, 0.3) is 0 Å². The third-order valence-corrected chi connectivity index (χ3v) is 8.27. The number of rotatable bonds is 8. The summed E-state index contributed by atoms with van der Waals surface area (Å²) in [4.78, 5) is 12.6. The summed E-state index contributed by atoms with van der Waals surface area (Å²) >= 11 is 0. The molecule has 26 heavy (non-hydrogen) atoms. The maximum absolute atomic E-state index is 13.3. The number of esters is 1. The topological polar surface area (TPSA) is 61.8 Å². The predicted molar refractivity (Wildman–Crippen MR) is 103 cm³/mol. The van der Waals surface area contributed by atoms with Crippen LogP contribution in [0.4, 0.5) is 0 Å². The number of ether oxygens (including phenoxy) is 1. The molecule has 0 bridgehead atoms. The number of carbonyl (C=O) groups excluding carboxylic acids is 1. The van der Waals surface area contributed by atoms with Crippen LogP contribution in [0.15, 0.2) is 11.4 Å². The zero-order valence-electron chi connectivity index (χ0n) is 17.1. The fourth-order valence-electron chi connectivity index (χ4n) is 4.93. The van der Waals surface area contributed by atoms with Crippen LogP contribution in [0.2, 0.25) is 0 Å². The van der Waals surface area contributed by atoms with Crippen LogP contribution in [0.1, 0.15) is 60.8 Å². The summed E-state index contributed by atoms with van der Waals surface area (Å²) in [6.07, 6.45) is 5.51. The molecule has 150 valence electrons. The van der Waals surface area contributed by atoms with Crippen LogP contribution in [-0.2, 0) is 23.1 Å². The molecule has 0 saturated heterocycles. The third-order valence-electron chi connectivity index (χ3n) is 6.15. The molecule has 5 nitrogen and oxygen atoms in total. The van der Waals surface area contributed by atoms with Crippen LogP contribution in [0.5, 0.6) is 0 Å². The van der Waals surface area contributed by atoms with Gasteiger partial charge in [0.2, 0.25) is 0 Å². The van der Waals surface area contributed by atoms with Crippen LogP contribution >= 0.6 is 7.60 Å². The zero-order valence-corrected chi connectivity index (χ0v) is 18.0. The Morgan fingerprint density at radius 3 is 2.27 bits per heavy atom. The van der Waals surface area contributed by atoms with E-state index in [9.17, 15) is 9.36 Å². The quantitative estimate of drug-likeness (QED) is 0.317. The average molecular weight is 386 g/mol. The van der Waals surface area contributed by atoms with Crippen molar-refractivity contribution in [3.63, 3.8) is 0 Å². The summed E-state index contributed by atoms with van der Waals surface area (Å²) in [6, 6.07) is 0. The van der Waals surface area contributed by atoms with Crippen LogP contribution in [-0.4, -0.2) is 25.8 Å². The zero-order chi connectivity index (χ0) is 19.5. The lowest BCUT2D eigenvalue weighted by Gasteiger charge is -2.61. The molecule has 0 N–H and O–H groups in total. The molecule has 0 aromatic rings. The van der Waals surface area contributed by atoms with Crippen molar-refractivity contribution in [2.45, 2.75) is 60.8 Å². The minimum absolute atomic E-state index is 0.0752. The van der Waals surface area contributed by atoms with E-state index in [1.54, 1.807) is 20.8 Å². The smallest absolute Gasteiger partial charge is 0.368 e. The second-order valence-corrected chi connectivity index (χ2v) is 10.1. The molecule has 2 aliphatic rings. The normalized spacial score (nSPS) is 31.1. The third kappa shape index (κ3) is 4.10. The van der Waals surface area contributed by atoms with Gasteiger partial charge in [-0.1, -0.05) is 33.3 Å². The summed E-state index contributed by atoms with van der Waals surface area (Å²) in [5.74, 6) is 1.47. The van der Waals surface area contributed by atoms with Crippen LogP contribution < -0.4 is 0 Å². The number of carbonyl (C=O) groups is 1. The van der Waals surface area contributed by atoms with E-state index in [1.165, 1.54) is 12.8 Å². The van der Waals surface area contributed by atoms with Gasteiger partial charge in [-0.25, -0.2) is 4.79 Å². The van der Waals surface area contributed by atoms with Crippen molar-refractivity contribution < 1.29 is 23.1 Å². The van der Waals surface area contributed by atoms with Gasteiger partial charge in [0.1, 0.15) is 5.31 Å². The number of allylic oxidation sites excluding steroid dienone is 1. The molecule has 0 spiro atoms. The highest BCUT2D eigenvalue weighted by Gasteiger charge is 2.57. The lowest BCUT2D eigenvalue weighted by Crippen LogP contribution is -2.55. The Kier molecular flexibility index (Phi) is 7.15. The molecule has 0 aromatic heterocycles. The predicted octanol–water partition coefficient (Wildman–Crippen LogP) is 5.41. The van der Waals surface area contributed by atoms with E-state index in [2.05, 4.69) is 20.8 Å². The van der Waals surface area contributed by atoms with E-state index in [4.69, 9.17) is 13.8 Å². The highest BCUT2D eigenvalue weighted by Crippen LogP contribution is 2.65. The van der Waals surface area contributed by atoms with Gasteiger partial charge in [0.25, 0.3) is 0 Å². The standard InChI is InChI=1S/C20H35O5P/c1-7-23-19(21)18(26(22,24-8-2)25-9-3)13-17-15-12-14(4)10-11-16(15)20(17,5)6/h13-17H,7-12H2,1-6H3/b18-13-/t14-,15+,16-,17-/m1/s1.